The molecule has 0 bridgehead atoms. The highest BCUT2D eigenvalue weighted by Gasteiger charge is 2.23. The molecule has 0 aliphatic heterocycles. The van der Waals surface area contributed by atoms with Crippen molar-refractivity contribution in [3.8, 4) is 0 Å². The third-order valence-corrected chi connectivity index (χ3v) is 6.19. The molecule has 1 aromatic heterocycles. The Morgan fingerprint density at radius 3 is 2.85 bits per heavy atom. The van der Waals surface area contributed by atoms with Gasteiger partial charge in [-0.15, -0.1) is 11.3 Å². The first kappa shape index (κ1) is 14.5. The average Bonchev–Trinajstić information content (AvgIpc) is 2.97. The molecule has 3 rings (SSSR count). The first-order valence-corrected chi connectivity index (χ1v) is 8.52. The van der Waals surface area contributed by atoms with Crippen LogP contribution in [0.2, 0.25) is 5.02 Å². The lowest BCUT2D eigenvalue weighted by Crippen LogP contribution is -2.18. The van der Waals surface area contributed by atoms with E-state index in [1.165, 1.54) is 22.9 Å². The molecule has 1 atom stereocenters. The Morgan fingerprint density at radius 2 is 2.15 bits per heavy atom. The summed E-state index contributed by atoms with van der Waals surface area (Å²) < 4.78 is 14.8. The quantitative estimate of drug-likeness (QED) is 0.737. The van der Waals surface area contributed by atoms with Crippen LogP contribution < -0.4 is 5.32 Å². The van der Waals surface area contributed by atoms with E-state index < -0.39 is 0 Å². The summed E-state index contributed by atoms with van der Waals surface area (Å²) in [6.07, 6.45) is 3.54. The van der Waals surface area contributed by atoms with Crippen molar-refractivity contribution in [2.75, 3.05) is 7.05 Å². The van der Waals surface area contributed by atoms with E-state index in [4.69, 9.17) is 11.6 Å². The Balaban J connectivity index is 2.03. The molecule has 0 saturated carbocycles. The number of rotatable bonds is 3. The van der Waals surface area contributed by atoms with Crippen molar-refractivity contribution in [2.24, 2.45) is 0 Å². The van der Waals surface area contributed by atoms with Crippen LogP contribution in [-0.2, 0) is 12.8 Å². The molecular formula is C15H14BrClFNS. The van der Waals surface area contributed by atoms with E-state index in [-0.39, 0.29) is 11.9 Å². The van der Waals surface area contributed by atoms with Crippen molar-refractivity contribution in [3.63, 3.8) is 0 Å². The molecule has 0 fully saturated rings. The summed E-state index contributed by atoms with van der Waals surface area (Å²) in [5.74, 6) is -0.241. The van der Waals surface area contributed by atoms with Gasteiger partial charge in [0.15, 0.2) is 0 Å². The largest absolute Gasteiger partial charge is 0.309 e. The second-order valence-electron chi connectivity index (χ2n) is 4.96. The maximum atomic E-state index is 14.2. The van der Waals surface area contributed by atoms with Gasteiger partial charge in [-0.05, 0) is 66.0 Å². The number of halogens is 3. The molecule has 0 radical (unpaired) electrons. The summed E-state index contributed by atoms with van der Waals surface area (Å²) in [6, 6.07) is 5.20. The van der Waals surface area contributed by atoms with Gasteiger partial charge in [0.1, 0.15) is 5.82 Å². The van der Waals surface area contributed by atoms with Gasteiger partial charge in [0.25, 0.3) is 0 Å². The molecule has 1 aliphatic carbocycles. The fraction of sp³-hybridized carbons (Fsp3) is 0.333. The van der Waals surface area contributed by atoms with Crippen molar-refractivity contribution in [1.82, 2.24) is 5.32 Å². The molecule has 1 N–H and O–H groups in total. The normalized spacial score (nSPS) is 15.4. The third kappa shape index (κ3) is 2.54. The van der Waals surface area contributed by atoms with Crippen LogP contribution in [0.15, 0.2) is 22.7 Å². The maximum absolute atomic E-state index is 14.2. The summed E-state index contributed by atoms with van der Waals surface area (Å²) in [7, 11) is 1.85. The van der Waals surface area contributed by atoms with Gasteiger partial charge in [0, 0.05) is 19.8 Å². The molecule has 2 aromatic rings. The number of thiophene rings is 1. The SMILES string of the molecule is CNC(c1cc2c(s1)CCC2)c1cc(Cl)c(Br)cc1F. The highest BCUT2D eigenvalue weighted by Crippen LogP contribution is 2.38. The van der Waals surface area contributed by atoms with E-state index in [2.05, 4.69) is 27.3 Å². The van der Waals surface area contributed by atoms with Crippen molar-refractivity contribution in [2.45, 2.75) is 25.3 Å². The second-order valence-corrected chi connectivity index (χ2v) is 7.39. The first-order valence-electron chi connectivity index (χ1n) is 6.53. The highest BCUT2D eigenvalue weighted by atomic mass is 79.9. The third-order valence-electron chi connectivity index (χ3n) is 3.69. The monoisotopic (exact) mass is 373 g/mol. The van der Waals surface area contributed by atoms with Crippen LogP contribution in [0.3, 0.4) is 0 Å². The van der Waals surface area contributed by atoms with Crippen LogP contribution in [0.25, 0.3) is 0 Å². The zero-order chi connectivity index (χ0) is 14.3. The molecule has 0 spiro atoms. The number of nitrogens with one attached hydrogen (secondary N) is 1. The van der Waals surface area contributed by atoms with E-state index in [0.29, 0.717) is 15.1 Å². The molecular weight excluding hydrogens is 361 g/mol. The van der Waals surface area contributed by atoms with Crippen LogP contribution in [0, 0.1) is 5.82 Å². The Bertz CT molecular complexity index is 634. The summed E-state index contributed by atoms with van der Waals surface area (Å²) in [5.41, 5.74) is 2.02. The van der Waals surface area contributed by atoms with E-state index in [9.17, 15) is 4.39 Å². The fourth-order valence-corrected chi connectivity index (χ4v) is 4.58. The molecule has 1 heterocycles. The van der Waals surface area contributed by atoms with Gasteiger partial charge in [0.2, 0.25) is 0 Å². The van der Waals surface area contributed by atoms with Crippen LogP contribution >= 0.6 is 38.9 Å². The molecule has 106 valence electrons. The Labute approximate surface area is 135 Å². The maximum Gasteiger partial charge on any atom is 0.129 e. The zero-order valence-electron chi connectivity index (χ0n) is 11.0. The Kier molecular flexibility index (Phi) is 4.18. The molecule has 1 nitrogen and oxygen atoms in total. The molecule has 0 amide bonds. The number of benzene rings is 1. The molecule has 0 saturated heterocycles. The first-order chi connectivity index (χ1) is 9.60. The Morgan fingerprint density at radius 1 is 1.35 bits per heavy atom. The van der Waals surface area contributed by atoms with Gasteiger partial charge in [-0.1, -0.05) is 11.6 Å². The van der Waals surface area contributed by atoms with E-state index in [1.807, 2.05) is 7.05 Å². The number of hydrogen-bond acceptors (Lipinski definition) is 2. The lowest BCUT2D eigenvalue weighted by Gasteiger charge is -2.17. The van der Waals surface area contributed by atoms with Gasteiger partial charge in [-0.3, -0.25) is 0 Å². The van der Waals surface area contributed by atoms with Crippen molar-refractivity contribution in [1.29, 1.82) is 0 Å². The minimum Gasteiger partial charge on any atom is -0.309 e. The van der Waals surface area contributed by atoms with E-state index in [0.717, 1.165) is 17.7 Å². The summed E-state index contributed by atoms with van der Waals surface area (Å²) in [6.45, 7) is 0. The van der Waals surface area contributed by atoms with E-state index in [1.54, 1.807) is 17.4 Å². The molecule has 1 aromatic carbocycles. The van der Waals surface area contributed by atoms with Gasteiger partial charge in [-0.2, -0.15) is 0 Å². The van der Waals surface area contributed by atoms with Gasteiger partial charge in [-0.25, -0.2) is 4.39 Å². The minimum absolute atomic E-state index is 0.142. The van der Waals surface area contributed by atoms with Crippen LogP contribution in [0.4, 0.5) is 4.39 Å². The summed E-state index contributed by atoms with van der Waals surface area (Å²) >= 11 is 11.1. The van der Waals surface area contributed by atoms with Crippen LogP contribution in [-0.4, -0.2) is 7.05 Å². The molecule has 1 aliphatic rings. The minimum atomic E-state index is -0.241. The topological polar surface area (TPSA) is 12.0 Å². The zero-order valence-corrected chi connectivity index (χ0v) is 14.1. The van der Waals surface area contributed by atoms with Crippen LogP contribution in [0.5, 0.6) is 0 Å². The van der Waals surface area contributed by atoms with Gasteiger partial charge >= 0.3 is 0 Å². The van der Waals surface area contributed by atoms with Crippen molar-refractivity contribution in [3.05, 3.63) is 54.4 Å². The standard InChI is InChI=1S/C15H14BrClFNS/c1-19-15(9-6-11(17)10(16)7-12(9)18)14-5-8-3-2-4-13(8)20-14/h5-7,15,19H,2-4H2,1H3. The number of hydrogen-bond donors (Lipinski definition) is 1. The van der Waals surface area contributed by atoms with Crippen LogP contribution in [0.1, 0.15) is 33.3 Å². The molecule has 5 heteroatoms. The fourth-order valence-electron chi connectivity index (χ4n) is 2.70. The van der Waals surface area contributed by atoms with E-state index >= 15 is 0 Å². The van der Waals surface area contributed by atoms with Gasteiger partial charge in [0.05, 0.1) is 11.1 Å². The number of aryl methyl sites for hydroxylation is 2. The summed E-state index contributed by atoms with van der Waals surface area (Å²) in [4.78, 5) is 2.61. The lowest BCUT2D eigenvalue weighted by molar-refractivity contribution is 0.578. The van der Waals surface area contributed by atoms with Gasteiger partial charge < -0.3 is 5.32 Å². The smallest absolute Gasteiger partial charge is 0.129 e. The Hall–Kier alpha value is -0.420. The highest BCUT2D eigenvalue weighted by molar-refractivity contribution is 9.10. The lowest BCUT2D eigenvalue weighted by atomic mass is 10.0. The second kappa shape index (κ2) is 5.76. The van der Waals surface area contributed by atoms with Crippen molar-refractivity contribution >= 4 is 38.9 Å². The number of fused-ring (bicyclic) bond motifs is 1. The predicted octanol–water partition coefficient (Wildman–Crippen LogP) is 5.10. The predicted molar refractivity (Wildman–Crippen MR) is 86.4 cm³/mol. The summed E-state index contributed by atoms with van der Waals surface area (Å²) in [5, 5.41) is 3.74. The molecule has 20 heavy (non-hydrogen) atoms. The average molecular weight is 375 g/mol. The molecule has 1 unspecified atom stereocenters. The van der Waals surface area contributed by atoms with Crippen molar-refractivity contribution < 1.29 is 4.39 Å².